The van der Waals surface area contributed by atoms with E-state index in [1.807, 2.05) is 0 Å². The van der Waals surface area contributed by atoms with E-state index in [0.717, 1.165) is 0 Å². The van der Waals surface area contributed by atoms with E-state index in [1.165, 1.54) is 10.9 Å². The Morgan fingerprint density at radius 3 is 2.92 bits per heavy atom. The largest absolute Gasteiger partial charge is 0.387 e. The number of aliphatic hydroxyl groups is 2. The van der Waals surface area contributed by atoms with Crippen molar-refractivity contribution in [2.24, 2.45) is 0 Å². The van der Waals surface area contributed by atoms with Gasteiger partial charge in [0.2, 0.25) is 5.82 Å². The van der Waals surface area contributed by atoms with E-state index in [2.05, 4.69) is 20.3 Å². The van der Waals surface area contributed by atoms with Crippen molar-refractivity contribution in [1.82, 2.24) is 24.8 Å². The lowest BCUT2D eigenvalue weighted by molar-refractivity contribution is -0.137. The SMILES string of the molecule is CCNC(=O)[C@H]1O[C@@H](n2cnc3c(N)nc(C#N)nc32)[C@H](O)[C@@H]1O. The molecule has 1 aliphatic rings. The number of amides is 1. The molecule has 0 aromatic carbocycles. The number of nitrogens with two attached hydrogens (primary N) is 1. The normalized spacial score (nSPS) is 26.4. The first-order valence-corrected chi connectivity index (χ1v) is 7.17. The third kappa shape index (κ3) is 2.42. The molecule has 0 spiro atoms. The van der Waals surface area contributed by atoms with E-state index in [-0.39, 0.29) is 22.8 Å². The van der Waals surface area contributed by atoms with Crippen LogP contribution in [-0.4, -0.2) is 60.5 Å². The summed E-state index contributed by atoms with van der Waals surface area (Å²) in [6.45, 7) is 2.08. The van der Waals surface area contributed by atoms with Gasteiger partial charge < -0.3 is 26.0 Å². The molecule has 24 heavy (non-hydrogen) atoms. The summed E-state index contributed by atoms with van der Waals surface area (Å²) in [5, 5.41) is 31.8. The molecule has 1 fully saturated rings. The second kappa shape index (κ2) is 6.00. The summed E-state index contributed by atoms with van der Waals surface area (Å²) in [5.41, 5.74) is 6.11. The van der Waals surface area contributed by atoms with E-state index in [1.54, 1.807) is 13.0 Å². The molecule has 11 heteroatoms. The standard InChI is InChI=1S/C13H15N7O4/c1-2-16-12(23)9-7(21)8(22)13(24-9)20-4-17-6-10(15)18-5(3-14)19-11(6)20/h4,7-9,13,21-22H,2H2,1H3,(H,16,23)(H2,15,18,19)/t7-,8+,9-,13+/m0/s1. The average molecular weight is 333 g/mol. The summed E-state index contributed by atoms with van der Waals surface area (Å²) in [4.78, 5) is 23.7. The fourth-order valence-corrected chi connectivity index (χ4v) is 2.56. The van der Waals surface area contributed by atoms with Crippen LogP contribution in [0.25, 0.3) is 11.2 Å². The van der Waals surface area contributed by atoms with Crippen molar-refractivity contribution in [1.29, 1.82) is 5.26 Å². The molecule has 0 saturated carbocycles. The van der Waals surface area contributed by atoms with Crippen LogP contribution in [-0.2, 0) is 9.53 Å². The van der Waals surface area contributed by atoms with Gasteiger partial charge >= 0.3 is 0 Å². The molecule has 1 saturated heterocycles. The number of nitrogen functional groups attached to an aromatic ring is 1. The molecule has 0 aliphatic carbocycles. The van der Waals surface area contributed by atoms with Crippen LogP contribution >= 0.6 is 0 Å². The van der Waals surface area contributed by atoms with Crippen molar-refractivity contribution >= 4 is 22.9 Å². The number of imidazole rings is 1. The Kier molecular flexibility index (Phi) is 4.02. The molecule has 1 amide bonds. The van der Waals surface area contributed by atoms with Gasteiger partial charge in [-0.2, -0.15) is 15.2 Å². The number of carbonyl (C=O) groups excluding carboxylic acids is 1. The molecular weight excluding hydrogens is 318 g/mol. The maximum Gasteiger partial charge on any atom is 0.252 e. The summed E-state index contributed by atoms with van der Waals surface area (Å²) in [6.07, 6.45) is -3.88. The number of likely N-dealkylation sites (N-methyl/N-ethyl adjacent to an activating group) is 1. The van der Waals surface area contributed by atoms with Crippen molar-refractivity contribution in [3.8, 4) is 6.07 Å². The first-order valence-electron chi connectivity index (χ1n) is 7.17. The Balaban J connectivity index is 2.00. The molecule has 2 aromatic heterocycles. The lowest BCUT2D eigenvalue weighted by atomic mass is 10.1. The molecule has 4 atom stereocenters. The Morgan fingerprint density at radius 1 is 1.50 bits per heavy atom. The van der Waals surface area contributed by atoms with Gasteiger partial charge in [0, 0.05) is 6.54 Å². The fourth-order valence-electron chi connectivity index (χ4n) is 2.56. The number of nitrogens with one attached hydrogen (secondary N) is 1. The highest BCUT2D eigenvalue weighted by molar-refractivity contribution is 5.83. The van der Waals surface area contributed by atoms with E-state index in [0.29, 0.717) is 6.54 Å². The van der Waals surface area contributed by atoms with Crippen molar-refractivity contribution in [3.05, 3.63) is 12.2 Å². The first kappa shape index (κ1) is 16.1. The van der Waals surface area contributed by atoms with E-state index in [9.17, 15) is 15.0 Å². The van der Waals surface area contributed by atoms with Gasteiger partial charge in [0.1, 0.15) is 23.8 Å². The van der Waals surface area contributed by atoms with Crippen molar-refractivity contribution < 1.29 is 19.7 Å². The molecule has 0 bridgehead atoms. The van der Waals surface area contributed by atoms with Gasteiger partial charge in [0.15, 0.2) is 23.8 Å². The number of nitrogens with zero attached hydrogens (tertiary/aromatic N) is 5. The molecule has 5 N–H and O–H groups in total. The lowest BCUT2D eigenvalue weighted by Crippen LogP contribution is -2.42. The third-order valence-electron chi connectivity index (χ3n) is 3.67. The number of aromatic nitrogens is 4. The quantitative estimate of drug-likeness (QED) is 0.497. The zero-order valence-corrected chi connectivity index (χ0v) is 12.6. The molecule has 0 unspecified atom stereocenters. The maximum atomic E-state index is 11.9. The molecule has 2 aromatic rings. The van der Waals surface area contributed by atoms with Crippen LogP contribution in [0.1, 0.15) is 19.0 Å². The number of fused-ring (bicyclic) bond motifs is 1. The molecule has 1 aliphatic heterocycles. The predicted octanol–water partition coefficient (Wildman–Crippen LogP) is -1.96. The third-order valence-corrected chi connectivity index (χ3v) is 3.67. The molecule has 3 rings (SSSR count). The number of ether oxygens (including phenoxy) is 1. The van der Waals surface area contributed by atoms with Crippen LogP contribution in [0.3, 0.4) is 0 Å². The number of hydrogen-bond donors (Lipinski definition) is 4. The Bertz CT molecular complexity index is 830. The highest BCUT2D eigenvalue weighted by atomic mass is 16.6. The number of anilines is 1. The summed E-state index contributed by atoms with van der Waals surface area (Å²) < 4.78 is 6.80. The summed E-state index contributed by atoms with van der Waals surface area (Å²) in [6, 6.07) is 1.77. The highest BCUT2D eigenvalue weighted by Gasteiger charge is 2.47. The fraction of sp³-hybridized carbons (Fsp3) is 0.462. The van der Waals surface area contributed by atoms with E-state index in [4.69, 9.17) is 15.7 Å². The van der Waals surface area contributed by atoms with Crippen LogP contribution in [0.5, 0.6) is 0 Å². The predicted molar refractivity (Wildman–Crippen MR) is 79.1 cm³/mol. The molecule has 3 heterocycles. The van der Waals surface area contributed by atoms with E-state index < -0.39 is 30.4 Å². The molecule has 11 nitrogen and oxygen atoms in total. The van der Waals surface area contributed by atoms with Gasteiger partial charge in [0.25, 0.3) is 5.91 Å². The zero-order chi connectivity index (χ0) is 17.4. The summed E-state index contributed by atoms with van der Waals surface area (Å²) in [7, 11) is 0. The van der Waals surface area contributed by atoms with Crippen molar-refractivity contribution in [2.45, 2.75) is 31.5 Å². The van der Waals surface area contributed by atoms with Gasteiger partial charge in [-0.25, -0.2) is 4.98 Å². The zero-order valence-electron chi connectivity index (χ0n) is 12.6. The Labute approximate surface area is 135 Å². The molecule has 0 radical (unpaired) electrons. The number of aliphatic hydroxyl groups excluding tert-OH is 2. The van der Waals surface area contributed by atoms with Gasteiger partial charge in [-0.15, -0.1) is 0 Å². The van der Waals surface area contributed by atoms with E-state index >= 15 is 0 Å². The minimum absolute atomic E-state index is 0.00334. The van der Waals surface area contributed by atoms with Crippen molar-refractivity contribution in [3.63, 3.8) is 0 Å². The Morgan fingerprint density at radius 2 is 2.25 bits per heavy atom. The van der Waals surface area contributed by atoms with Gasteiger partial charge in [-0.05, 0) is 6.92 Å². The van der Waals surface area contributed by atoms with Crippen LogP contribution in [0.4, 0.5) is 5.82 Å². The van der Waals surface area contributed by atoms with Crippen molar-refractivity contribution in [2.75, 3.05) is 12.3 Å². The second-order valence-electron chi connectivity index (χ2n) is 5.19. The Hall–Kier alpha value is -2.81. The first-order chi connectivity index (χ1) is 11.5. The van der Waals surface area contributed by atoms with Crippen LogP contribution < -0.4 is 11.1 Å². The second-order valence-corrected chi connectivity index (χ2v) is 5.19. The number of nitriles is 1. The average Bonchev–Trinajstić information content (AvgIpc) is 3.10. The van der Waals surface area contributed by atoms with Crippen LogP contribution in [0.15, 0.2) is 6.33 Å². The van der Waals surface area contributed by atoms with Gasteiger partial charge in [0.05, 0.1) is 6.33 Å². The number of hydrogen-bond acceptors (Lipinski definition) is 9. The highest BCUT2D eigenvalue weighted by Crippen LogP contribution is 2.32. The molecule has 126 valence electrons. The maximum absolute atomic E-state index is 11.9. The number of rotatable bonds is 3. The minimum Gasteiger partial charge on any atom is -0.387 e. The lowest BCUT2D eigenvalue weighted by Gasteiger charge is -2.16. The monoisotopic (exact) mass is 333 g/mol. The minimum atomic E-state index is -1.42. The van der Waals surface area contributed by atoms with Crippen LogP contribution in [0, 0.1) is 11.3 Å². The van der Waals surface area contributed by atoms with Gasteiger partial charge in [-0.3, -0.25) is 9.36 Å². The smallest absolute Gasteiger partial charge is 0.252 e. The van der Waals surface area contributed by atoms with Gasteiger partial charge in [-0.1, -0.05) is 0 Å². The number of carbonyl (C=O) groups is 1. The van der Waals surface area contributed by atoms with Crippen LogP contribution in [0.2, 0.25) is 0 Å². The summed E-state index contributed by atoms with van der Waals surface area (Å²) in [5.74, 6) is -0.707. The topological polar surface area (TPSA) is 172 Å². The summed E-state index contributed by atoms with van der Waals surface area (Å²) >= 11 is 0. The molecular formula is C13H15N7O4.